The van der Waals surface area contributed by atoms with Crippen LogP contribution in [0.1, 0.15) is 37.4 Å². The Morgan fingerprint density at radius 1 is 1.30 bits per heavy atom. The second-order valence-corrected chi connectivity index (χ2v) is 6.91. The summed E-state index contributed by atoms with van der Waals surface area (Å²) < 4.78 is 1.10. The summed E-state index contributed by atoms with van der Waals surface area (Å²) in [5, 5.41) is 5.56. The highest BCUT2D eigenvalue weighted by atomic mass is 79.9. The van der Waals surface area contributed by atoms with Crippen molar-refractivity contribution in [3.05, 3.63) is 27.2 Å². The first-order valence-electron chi connectivity index (χ1n) is 7.16. The van der Waals surface area contributed by atoms with Gasteiger partial charge in [0.15, 0.2) is 5.82 Å². The molecule has 0 aromatic carbocycles. The second kappa shape index (κ2) is 6.22. The minimum atomic E-state index is 0.861. The molecule has 0 radical (unpaired) electrons. The molecule has 3 nitrogen and oxygen atoms in total. The van der Waals surface area contributed by atoms with Gasteiger partial charge in [-0.3, -0.25) is 0 Å². The Hall–Kier alpha value is -0.940. The summed E-state index contributed by atoms with van der Waals surface area (Å²) in [5.41, 5.74) is 2.58. The summed E-state index contributed by atoms with van der Waals surface area (Å²) in [7, 11) is 0. The van der Waals surface area contributed by atoms with Gasteiger partial charge in [0.05, 0.1) is 4.88 Å². The highest BCUT2D eigenvalue weighted by Gasteiger charge is 2.18. The van der Waals surface area contributed by atoms with E-state index in [0.717, 1.165) is 46.8 Å². The van der Waals surface area contributed by atoms with Gasteiger partial charge in [-0.2, -0.15) is 0 Å². The molecule has 1 N–H and O–H groups in total. The number of aryl methyl sites for hydroxylation is 1. The molecule has 20 heavy (non-hydrogen) atoms. The molecule has 0 saturated heterocycles. The van der Waals surface area contributed by atoms with Gasteiger partial charge in [0.1, 0.15) is 5.82 Å². The number of anilines is 1. The van der Waals surface area contributed by atoms with E-state index in [0.29, 0.717) is 0 Å². The number of aromatic nitrogens is 2. The third kappa shape index (κ3) is 2.88. The monoisotopic (exact) mass is 351 g/mol. The first-order valence-corrected chi connectivity index (χ1v) is 8.83. The van der Waals surface area contributed by atoms with Crippen molar-refractivity contribution in [3.8, 4) is 10.7 Å². The van der Waals surface area contributed by atoms with Crippen molar-refractivity contribution in [1.29, 1.82) is 0 Å². The minimum absolute atomic E-state index is 0.861. The molecule has 2 aromatic heterocycles. The summed E-state index contributed by atoms with van der Waals surface area (Å²) in [5.74, 6) is 1.91. The van der Waals surface area contributed by atoms with E-state index in [9.17, 15) is 0 Å². The fourth-order valence-corrected chi connectivity index (χ4v) is 3.88. The van der Waals surface area contributed by atoms with Crippen LogP contribution in [0.5, 0.6) is 0 Å². The van der Waals surface area contributed by atoms with Crippen molar-refractivity contribution in [2.45, 2.75) is 39.0 Å². The summed E-state index contributed by atoms with van der Waals surface area (Å²) in [6.07, 6.45) is 5.79. The molecule has 0 fully saturated rings. The summed E-state index contributed by atoms with van der Waals surface area (Å²) >= 11 is 5.19. The largest absolute Gasteiger partial charge is 0.370 e. The van der Waals surface area contributed by atoms with Crippen LogP contribution in [0.3, 0.4) is 0 Å². The van der Waals surface area contributed by atoms with E-state index in [4.69, 9.17) is 9.97 Å². The number of nitrogens with one attached hydrogen (secondary N) is 1. The predicted octanol–water partition coefficient (Wildman–Crippen LogP) is 4.67. The lowest BCUT2D eigenvalue weighted by molar-refractivity contribution is 0.664. The molecule has 0 aliphatic heterocycles. The van der Waals surface area contributed by atoms with E-state index >= 15 is 0 Å². The maximum absolute atomic E-state index is 4.80. The van der Waals surface area contributed by atoms with Crippen LogP contribution in [-0.4, -0.2) is 16.5 Å². The zero-order valence-corrected chi connectivity index (χ0v) is 14.0. The smallest absolute Gasteiger partial charge is 0.171 e. The first-order chi connectivity index (χ1) is 9.78. The molecular formula is C15H18BrN3S. The van der Waals surface area contributed by atoms with Crippen LogP contribution < -0.4 is 5.32 Å². The number of rotatable bonds is 4. The average molecular weight is 352 g/mol. The Morgan fingerprint density at radius 2 is 2.15 bits per heavy atom. The fraction of sp³-hybridized carbons (Fsp3) is 0.467. The summed E-state index contributed by atoms with van der Waals surface area (Å²) in [4.78, 5) is 10.7. The van der Waals surface area contributed by atoms with Gasteiger partial charge in [0.25, 0.3) is 0 Å². The zero-order valence-electron chi connectivity index (χ0n) is 11.6. The molecule has 5 heteroatoms. The van der Waals surface area contributed by atoms with Crippen LogP contribution in [0.15, 0.2) is 15.9 Å². The Morgan fingerprint density at radius 3 is 2.90 bits per heavy atom. The van der Waals surface area contributed by atoms with Crippen molar-refractivity contribution in [3.63, 3.8) is 0 Å². The second-order valence-electron chi connectivity index (χ2n) is 5.08. The number of thiophene rings is 1. The quantitative estimate of drug-likeness (QED) is 0.869. The van der Waals surface area contributed by atoms with Gasteiger partial charge in [-0.1, -0.05) is 6.92 Å². The Kier molecular flexibility index (Phi) is 4.36. The fourth-order valence-electron chi connectivity index (χ4n) is 2.52. The molecule has 0 unspecified atom stereocenters. The maximum atomic E-state index is 4.80. The van der Waals surface area contributed by atoms with Gasteiger partial charge < -0.3 is 5.32 Å². The molecule has 3 rings (SSSR count). The zero-order chi connectivity index (χ0) is 13.9. The lowest BCUT2D eigenvalue weighted by Crippen LogP contribution is -2.13. The molecule has 0 spiro atoms. The summed E-state index contributed by atoms with van der Waals surface area (Å²) in [6, 6.07) is 2.10. The minimum Gasteiger partial charge on any atom is -0.370 e. The molecule has 2 heterocycles. The van der Waals surface area contributed by atoms with E-state index in [1.165, 1.54) is 24.1 Å². The molecule has 0 atom stereocenters. The van der Waals surface area contributed by atoms with Crippen molar-refractivity contribution >= 4 is 33.1 Å². The van der Waals surface area contributed by atoms with E-state index in [-0.39, 0.29) is 0 Å². The number of fused-ring (bicyclic) bond motifs is 1. The van der Waals surface area contributed by atoms with Gasteiger partial charge in [-0.25, -0.2) is 9.97 Å². The standard InChI is InChI=1S/C15H18BrN3S/c1-2-7-17-14-11-5-3-4-6-12(11)18-15(19-14)13-8-10(16)9-20-13/h8-9H,2-7H2,1H3,(H,17,18,19). The number of halogens is 1. The molecule has 2 aromatic rings. The van der Waals surface area contributed by atoms with E-state index in [1.54, 1.807) is 11.3 Å². The molecule has 0 amide bonds. The van der Waals surface area contributed by atoms with Crippen molar-refractivity contribution in [1.82, 2.24) is 9.97 Å². The Bertz CT molecular complexity index is 609. The van der Waals surface area contributed by atoms with Crippen LogP contribution in [0.2, 0.25) is 0 Å². The molecule has 106 valence electrons. The lowest BCUT2D eigenvalue weighted by Gasteiger charge is -2.19. The van der Waals surface area contributed by atoms with E-state index < -0.39 is 0 Å². The maximum Gasteiger partial charge on any atom is 0.171 e. The predicted molar refractivity (Wildman–Crippen MR) is 88.5 cm³/mol. The van der Waals surface area contributed by atoms with Gasteiger partial charge in [-0.05, 0) is 54.1 Å². The van der Waals surface area contributed by atoms with Gasteiger partial charge in [0, 0.05) is 27.7 Å². The highest BCUT2D eigenvalue weighted by molar-refractivity contribution is 9.10. The van der Waals surface area contributed by atoms with Gasteiger partial charge in [0.2, 0.25) is 0 Å². The SMILES string of the molecule is CCCNc1nc(-c2cc(Br)cs2)nc2c1CCCC2. The summed E-state index contributed by atoms with van der Waals surface area (Å²) in [6.45, 7) is 3.15. The number of hydrogen-bond acceptors (Lipinski definition) is 4. The van der Waals surface area contributed by atoms with Crippen LogP contribution >= 0.6 is 27.3 Å². The molecule has 1 aliphatic carbocycles. The highest BCUT2D eigenvalue weighted by Crippen LogP contribution is 2.32. The van der Waals surface area contributed by atoms with Crippen molar-refractivity contribution in [2.24, 2.45) is 0 Å². The van der Waals surface area contributed by atoms with Crippen LogP contribution in [0.25, 0.3) is 10.7 Å². The number of nitrogens with zero attached hydrogens (tertiary/aromatic N) is 2. The van der Waals surface area contributed by atoms with Gasteiger partial charge in [-0.15, -0.1) is 11.3 Å². The van der Waals surface area contributed by atoms with Crippen molar-refractivity contribution in [2.75, 3.05) is 11.9 Å². The van der Waals surface area contributed by atoms with Crippen LogP contribution in [0.4, 0.5) is 5.82 Å². The third-order valence-electron chi connectivity index (χ3n) is 3.51. The van der Waals surface area contributed by atoms with Crippen LogP contribution in [0, 0.1) is 0 Å². The van der Waals surface area contributed by atoms with Crippen molar-refractivity contribution < 1.29 is 0 Å². The lowest BCUT2D eigenvalue weighted by atomic mass is 9.96. The first kappa shape index (κ1) is 14.0. The Balaban J connectivity index is 2.03. The number of hydrogen-bond donors (Lipinski definition) is 1. The van der Waals surface area contributed by atoms with E-state index in [2.05, 4.69) is 39.6 Å². The van der Waals surface area contributed by atoms with Crippen LogP contribution in [-0.2, 0) is 12.8 Å². The Labute approximate surface area is 132 Å². The average Bonchev–Trinajstić information content (AvgIpc) is 2.91. The normalized spacial score (nSPS) is 14.1. The van der Waals surface area contributed by atoms with E-state index in [1.807, 2.05) is 0 Å². The molecular weight excluding hydrogens is 334 g/mol. The molecule has 0 bridgehead atoms. The topological polar surface area (TPSA) is 37.8 Å². The van der Waals surface area contributed by atoms with Gasteiger partial charge >= 0.3 is 0 Å². The molecule has 0 saturated carbocycles. The molecule has 1 aliphatic rings. The third-order valence-corrected chi connectivity index (χ3v) is 5.20.